The molecule has 0 N–H and O–H groups in total. The Morgan fingerprint density at radius 3 is 2.55 bits per heavy atom. The molecule has 5 nitrogen and oxygen atoms in total. The molecule has 3 heterocycles. The van der Waals surface area contributed by atoms with E-state index in [2.05, 4.69) is 103 Å². The number of pyridine rings is 1. The highest BCUT2D eigenvalue weighted by Crippen LogP contribution is 2.33. The van der Waals surface area contributed by atoms with Gasteiger partial charge in [-0.1, -0.05) is 43.0 Å². The number of hydrogen-bond acceptors (Lipinski definition) is 4. The predicted octanol–water partition coefficient (Wildman–Crippen LogP) is 7.74. The summed E-state index contributed by atoms with van der Waals surface area (Å²) in [5, 5.41) is 2.40. The first-order valence-electron chi connectivity index (χ1n) is 14.5. The number of allylic oxidation sites excluding steroid dienone is 4. The molecule has 2 aromatic carbocycles. The summed E-state index contributed by atoms with van der Waals surface area (Å²) < 4.78 is 14.8. The zero-order valence-corrected chi connectivity index (χ0v) is 23.8. The molecule has 1 saturated heterocycles. The summed E-state index contributed by atoms with van der Waals surface area (Å²) in [6.07, 6.45) is 14.9. The van der Waals surface area contributed by atoms with Gasteiger partial charge in [0.15, 0.2) is 0 Å². The maximum Gasteiger partial charge on any atom is 0.112 e. The molecule has 1 aliphatic heterocycles. The molecule has 1 aliphatic carbocycles. The lowest BCUT2D eigenvalue weighted by atomic mass is 9.91. The van der Waals surface area contributed by atoms with Crippen LogP contribution in [0.15, 0.2) is 91.5 Å². The number of hydrogen-bond donors (Lipinski definition) is 0. The van der Waals surface area contributed by atoms with Gasteiger partial charge in [0.1, 0.15) is 11.9 Å². The van der Waals surface area contributed by atoms with E-state index in [0.29, 0.717) is 18.0 Å². The molecule has 6 rings (SSSR count). The number of anilines is 1. The zero-order chi connectivity index (χ0) is 27.6. The highest BCUT2D eigenvalue weighted by Gasteiger charge is 2.34. The van der Waals surface area contributed by atoms with Crippen molar-refractivity contribution in [2.24, 2.45) is 7.05 Å². The topological polar surface area (TPSA) is 39.5 Å². The molecule has 0 radical (unpaired) electrons. The Bertz CT molecular complexity index is 1580. The van der Waals surface area contributed by atoms with Crippen molar-refractivity contribution in [2.75, 3.05) is 18.0 Å². The van der Waals surface area contributed by atoms with Crippen LogP contribution in [0, 0.1) is 6.92 Å². The first-order chi connectivity index (χ1) is 19.5. The highest BCUT2D eigenvalue weighted by atomic mass is 16.5. The van der Waals surface area contributed by atoms with Gasteiger partial charge in [0.05, 0.1) is 17.7 Å². The predicted molar refractivity (Wildman–Crippen MR) is 166 cm³/mol. The third-order valence-electron chi connectivity index (χ3n) is 8.47. The van der Waals surface area contributed by atoms with Crippen LogP contribution in [-0.2, 0) is 16.5 Å². The molecule has 0 spiro atoms. The lowest BCUT2D eigenvalue weighted by Crippen LogP contribution is -2.43. The lowest BCUT2D eigenvalue weighted by molar-refractivity contribution is -0.114. The Kier molecular flexibility index (Phi) is 7.48. The number of ether oxygens (including phenoxy) is 2. The van der Waals surface area contributed by atoms with Gasteiger partial charge < -0.3 is 18.9 Å². The number of nitrogens with zero attached hydrogens (tertiary/aromatic N) is 3. The van der Waals surface area contributed by atoms with Gasteiger partial charge in [-0.15, -0.1) is 0 Å². The van der Waals surface area contributed by atoms with E-state index in [1.165, 1.54) is 38.6 Å². The van der Waals surface area contributed by atoms with Crippen LogP contribution in [0.1, 0.15) is 43.7 Å². The van der Waals surface area contributed by atoms with Gasteiger partial charge in [-0.2, -0.15) is 0 Å². The second kappa shape index (κ2) is 11.3. The van der Waals surface area contributed by atoms with E-state index in [9.17, 15) is 0 Å². The summed E-state index contributed by atoms with van der Waals surface area (Å²) in [6.45, 7) is 10.5. The first kappa shape index (κ1) is 26.4. The SMILES string of the molecule is C=C(/C=C\C(=C/C)c1ccc2c3cnccc3n(C)c2c1)OC1CC(OC2CCN(c3cccc(C)c3)CC2)C1. The molecule has 0 bridgehead atoms. The number of aryl methyl sites for hydroxylation is 2. The summed E-state index contributed by atoms with van der Waals surface area (Å²) in [7, 11) is 2.11. The van der Waals surface area contributed by atoms with E-state index < -0.39 is 0 Å². The Morgan fingerprint density at radius 1 is 0.950 bits per heavy atom. The maximum absolute atomic E-state index is 6.42. The van der Waals surface area contributed by atoms with Crippen LogP contribution in [-0.4, -0.2) is 41.0 Å². The van der Waals surface area contributed by atoms with E-state index >= 15 is 0 Å². The first-order valence-corrected chi connectivity index (χ1v) is 14.5. The van der Waals surface area contributed by atoms with Crippen molar-refractivity contribution in [3.63, 3.8) is 0 Å². The molecule has 2 aromatic heterocycles. The Balaban J connectivity index is 0.981. The van der Waals surface area contributed by atoms with Gasteiger partial charge in [-0.05, 0) is 73.7 Å². The quantitative estimate of drug-likeness (QED) is 0.172. The molecular weight excluding hydrogens is 494 g/mol. The normalized spacial score (nSPS) is 20.4. The van der Waals surface area contributed by atoms with Gasteiger partial charge >= 0.3 is 0 Å². The van der Waals surface area contributed by atoms with Crippen LogP contribution in [0.3, 0.4) is 0 Å². The second-order valence-corrected chi connectivity index (χ2v) is 11.2. The van der Waals surface area contributed by atoms with E-state index in [1.807, 2.05) is 18.5 Å². The second-order valence-electron chi connectivity index (χ2n) is 11.2. The van der Waals surface area contributed by atoms with Gasteiger partial charge in [0, 0.05) is 67.3 Å². The molecule has 5 heteroatoms. The van der Waals surface area contributed by atoms with Crippen molar-refractivity contribution >= 4 is 33.1 Å². The van der Waals surface area contributed by atoms with Crippen molar-refractivity contribution in [3.05, 3.63) is 103 Å². The fraction of sp³-hybridized carbons (Fsp3) is 0.343. The maximum atomic E-state index is 6.42. The Morgan fingerprint density at radius 2 is 1.77 bits per heavy atom. The standard InChI is InChI=1S/C35H39N3O2/c1-5-26(27-11-12-32-33-23-36-16-13-34(33)37(4)35(32)20-27)10-9-25(3)39-30-21-31(22-30)40-29-14-17-38(18-15-29)28-8-6-7-24(2)19-28/h5-13,16,19-20,23,29-31H,3,14-15,17-18,21-22H2,1-2,4H3/b10-9-,26-5+. The number of piperidine rings is 1. The molecule has 4 aromatic rings. The van der Waals surface area contributed by atoms with E-state index in [0.717, 1.165) is 44.3 Å². The number of aromatic nitrogens is 2. The molecule has 0 amide bonds. The van der Waals surface area contributed by atoms with Crippen LogP contribution in [0.2, 0.25) is 0 Å². The van der Waals surface area contributed by atoms with E-state index in [1.54, 1.807) is 0 Å². The minimum absolute atomic E-state index is 0.185. The molecule has 2 fully saturated rings. The molecular formula is C35H39N3O2. The zero-order valence-electron chi connectivity index (χ0n) is 23.8. The third-order valence-corrected chi connectivity index (χ3v) is 8.47. The van der Waals surface area contributed by atoms with Crippen LogP contribution in [0.4, 0.5) is 5.69 Å². The van der Waals surface area contributed by atoms with Gasteiger partial charge in [-0.3, -0.25) is 4.98 Å². The van der Waals surface area contributed by atoms with Crippen molar-refractivity contribution in [1.82, 2.24) is 9.55 Å². The monoisotopic (exact) mass is 533 g/mol. The van der Waals surface area contributed by atoms with E-state index in [-0.39, 0.29) is 6.10 Å². The third kappa shape index (κ3) is 5.44. The van der Waals surface area contributed by atoms with Crippen molar-refractivity contribution in [2.45, 2.75) is 57.8 Å². The van der Waals surface area contributed by atoms with Crippen molar-refractivity contribution < 1.29 is 9.47 Å². The fourth-order valence-electron chi connectivity index (χ4n) is 6.10. The average molecular weight is 534 g/mol. The number of benzene rings is 2. The lowest BCUT2D eigenvalue weighted by Gasteiger charge is -2.40. The van der Waals surface area contributed by atoms with Crippen LogP contribution in [0.5, 0.6) is 0 Å². The molecule has 0 atom stereocenters. The molecule has 1 saturated carbocycles. The van der Waals surface area contributed by atoms with Crippen LogP contribution in [0.25, 0.3) is 27.4 Å². The summed E-state index contributed by atoms with van der Waals surface area (Å²) in [4.78, 5) is 6.79. The Hall–Kier alpha value is -3.83. The average Bonchev–Trinajstić information content (AvgIpc) is 3.24. The summed E-state index contributed by atoms with van der Waals surface area (Å²) >= 11 is 0. The molecule has 2 aliphatic rings. The van der Waals surface area contributed by atoms with E-state index in [4.69, 9.17) is 9.47 Å². The van der Waals surface area contributed by atoms with Crippen molar-refractivity contribution in [3.8, 4) is 0 Å². The minimum atomic E-state index is 0.185. The minimum Gasteiger partial charge on any atom is -0.491 e. The van der Waals surface area contributed by atoms with Crippen molar-refractivity contribution in [1.29, 1.82) is 0 Å². The van der Waals surface area contributed by atoms with Gasteiger partial charge in [0.25, 0.3) is 0 Å². The molecule has 206 valence electrons. The number of fused-ring (bicyclic) bond motifs is 3. The van der Waals surface area contributed by atoms with Gasteiger partial charge in [-0.25, -0.2) is 0 Å². The van der Waals surface area contributed by atoms with Crippen LogP contribution >= 0.6 is 0 Å². The summed E-state index contributed by atoms with van der Waals surface area (Å²) in [5.41, 5.74) is 7.34. The molecule has 0 unspecified atom stereocenters. The summed E-state index contributed by atoms with van der Waals surface area (Å²) in [6, 6.07) is 17.5. The highest BCUT2D eigenvalue weighted by molar-refractivity contribution is 6.08. The largest absolute Gasteiger partial charge is 0.491 e. The Labute approximate surface area is 237 Å². The fourth-order valence-corrected chi connectivity index (χ4v) is 6.10. The summed E-state index contributed by atoms with van der Waals surface area (Å²) in [5.74, 6) is 0.700. The van der Waals surface area contributed by atoms with Gasteiger partial charge in [0.2, 0.25) is 0 Å². The van der Waals surface area contributed by atoms with Crippen LogP contribution < -0.4 is 4.90 Å². The number of rotatable bonds is 8. The molecule has 40 heavy (non-hydrogen) atoms. The smallest absolute Gasteiger partial charge is 0.112 e.